The number of hydrogen-bond acceptors (Lipinski definition) is 3. The first-order valence-electron chi connectivity index (χ1n) is 5.88. The van der Waals surface area contributed by atoms with Gasteiger partial charge in [-0.15, -0.1) is 0 Å². The summed E-state index contributed by atoms with van der Waals surface area (Å²) >= 11 is 0. The van der Waals surface area contributed by atoms with Gasteiger partial charge in [0, 0.05) is 19.1 Å². The molecule has 17 heavy (non-hydrogen) atoms. The number of hydrogen-bond donors (Lipinski definition) is 2. The molecule has 3 N–H and O–H groups in total. The average Bonchev–Trinajstić information content (AvgIpc) is 2.30. The van der Waals surface area contributed by atoms with Crippen molar-refractivity contribution in [2.24, 2.45) is 5.73 Å². The Morgan fingerprint density at radius 3 is 2.41 bits per heavy atom. The number of rotatable bonds is 6. The van der Waals surface area contributed by atoms with Crippen molar-refractivity contribution in [2.45, 2.75) is 25.5 Å². The fourth-order valence-electron chi connectivity index (χ4n) is 1.80. The summed E-state index contributed by atoms with van der Waals surface area (Å²) in [5.41, 5.74) is 6.75. The van der Waals surface area contributed by atoms with Gasteiger partial charge >= 0.3 is 0 Å². The molecule has 4 heteroatoms. The Morgan fingerprint density at radius 2 is 1.94 bits per heavy atom. The van der Waals surface area contributed by atoms with E-state index < -0.39 is 0 Å². The van der Waals surface area contributed by atoms with E-state index in [9.17, 15) is 9.50 Å². The molecular formula is C13H21FN2O. The average molecular weight is 240 g/mol. The van der Waals surface area contributed by atoms with Crippen LogP contribution in [-0.4, -0.2) is 36.2 Å². The van der Waals surface area contributed by atoms with E-state index in [1.54, 1.807) is 19.1 Å². The number of aliphatic hydroxyl groups is 1. The molecule has 2 atom stereocenters. The molecule has 96 valence electrons. The fraction of sp³-hybridized carbons (Fsp3) is 0.538. The molecule has 0 bridgehead atoms. The molecule has 0 amide bonds. The van der Waals surface area contributed by atoms with E-state index in [-0.39, 0.29) is 18.0 Å². The Balaban J connectivity index is 2.66. The highest BCUT2D eigenvalue weighted by atomic mass is 19.1. The Bertz CT molecular complexity index is 327. The Labute approximate surface area is 102 Å². The summed E-state index contributed by atoms with van der Waals surface area (Å²) in [6.45, 7) is 3.00. The van der Waals surface area contributed by atoms with Crippen molar-refractivity contribution in [1.29, 1.82) is 0 Å². The van der Waals surface area contributed by atoms with Crippen molar-refractivity contribution in [1.82, 2.24) is 4.90 Å². The van der Waals surface area contributed by atoms with Gasteiger partial charge in [-0.2, -0.15) is 0 Å². The van der Waals surface area contributed by atoms with Crippen LogP contribution in [0, 0.1) is 5.82 Å². The molecule has 0 aliphatic heterocycles. The number of aliphatic hydroxyl groups excluding tert-OH is 1. The predicted molar refractivity (Wildman–Crippen MR) is 67.1 cm³/mol. The lowest BCUT2D eigenvalue weighted by molar-refractivity contribution is 0.150. The zero-order chi connectivity index (χ0) is 12.8. The molecule has 1 aromatic carbocycles. The van der Waals surface area contributed by atoms with Gasteiger partial charge in [0.05, 0.1) is 6.10 Å². The van der Waals surface area contributed by atoms with E-state index in [1.807, 2.05) is 7.05 Å². The maximum Gasteiger partial charge on any atom is 0.123 e. The first kappa shape index (κ1) is 14.1. The summed E-state index contributed by atoms with van der Waals surface area (Å²) in [4.78, 5) is 2.08. The van der Waals surface area contributed by atoms with Gasteiger partial charge in [0.2, 0.25) is 0 Å². The number of halogens is 1. The molecule has 1 rings (SSSR count). The lowest BCUT2D eigenvalue weighted by atomic mass is 10.1. The quantitative estimate of drug-likeness (QED) is 0.792. The molecule has 0 fully saturated rings. The van der Waals surface area contributed by atoms with Crippen LogP contribution < -0.4 is 5.73 Å². The van der Waals surface area contributed by atoms with Crippen LogP contribution in [0.2, 0.25) is 0 Å². The summed E-state index contributed by atoms with van der Waals surface area (Å²) in [5, 5.41) is 9.26. The standard InChI is InChI=1S/C13H21FN2O/c1-10(17)7-8-16(2)13(9-15)11-3-5-12(14)6-4-11/h3-6,10,13,17H,7-9,15H2,1-2H3. The van der Waals surface area contributed by atoms with Crippen molar-refractivity contribution in [2.75, 3.05) is 20.1 Å². The van der Waals surface area contributed by atoms with Gasteiger partial charge in [-0.25, -0.2) is 4.39 Å². The van der Waals surface area contributed by atoms with Crippen LogP contribution in [0.25, 0.3) is 0 Å². The zero-order valence-corrected chi connectivity index (χ0v) is 10.4. The number of nitrogens with two attached hydrogens (primary N) is 1. The topological polar surface area (TPSA) is 49.5 Å². The summed E-state index contributed by atoms with van der Waals surface area (Å²) in [6.07, 6.45) is 0.387. The zero-order valence-electron chi connectivity index (χ0n) is 10.4. The molecular weight excluding hydrogens is 219 g/mol. The lowest BCUT2D eigenvalue weighted by Gasteiger charge is -2.27. The maximum absolute atomic E-state index is 12.8. The Hall–Kier alpha value is -0.970. The van der Waals surface area contributed by atoms with E-state index >= 15 is 0 Å². The van der Waals surface area contributed by atoms with Crippen LogP contribution in [0.3, 0.4) is 0 Å². The fourth-order valence-corrected chi connectivity index (χ4v) is 1.80. The third-order valence-electron chi connectivity index (χ3n) is 2.91. The molecule has 0 radical (unpaired) electrons. The smallest absolute Gasteiger partial charge is 0.123 e. The second-order valence-corrected chi connectivity index (χ2v) is 4.42. The van der Waals surface area contributed by atoms with E-state index in [2.05, 4.69) is 4.90 Å². The summed E-state index contributed by atoms with van der Waals surface area (Å²) in [7, 11) is 1.96. The van der Waals surface area contributed by atoms with Gasteiger partial charge in [-0.1, -0.05) is 12.1 Å². The van der Waals surface area contributed by atoms with Gasteiger partial charge in [0.15, 0.2) is 0 Å². The number of nitrogens with zero attached hydrogens (tertiary/aromatic N) is 1. The van der Waals surface area contributed by atoms with Crippen LogP contribution >= 0.6 is 0 Å². The first-order chi connectivity index (χ1) is 8.04. The normalized spacial score (nSPS) is 14.9. The van der Waals surface area contributed by atoms with Crippen molar-refractivity contribution in [3.8, 4) is 0 Å². The van der Waals surface area contributed by atoms with E-state index in [0.717, 1.165) is 12.1 Å². The second kappa shape index (κ2) is 6.69. The lowest BCUT2D eigenvalue weighted by Crippen LogP contribution is -2.32. The van der Waals surface area contributed by atoms with E-state index in [0.29, 0.717) is 13.0 Å². The molecule has 0 heterocycles. The minimum Gasteiger partial charge on any atom is -0.393 e. The van der Waals surface area contributed by atoms with Crippen molar-refractivity contribution in [3.63, 3.8) is 0 Å². The molecule has 0 aliphatic carbocycles. The minimum absolute atomic E-state index is 0.0642. The third-order valence-corrected chi connectivity index (χ3v) is 2.91. The van der Waals surface area contributed by atoms with Gasteiger partial charge in [0.25, 0.3) is 0 Å². The largest absolute Gasteiger partial charge is 0.393 e. The Morgan fingerprint density at radius 1 is 1.35 bits per heavy atom. The SMILES string of the molecule is CC(O)CCN(C)C(CN)c1ccc(F)cc1. The van der Waals surface area contributed by atoms with Gasteiger partial charge < -0.3 is 10.8 Å². The Kier molecular flexibility index (Phi) is 5.55. The van der Waals surface area contributed by atoms with Crippen LogP contribution in [0.4, 0.5) is 4.39 Å². The predicted octanol–water partition coefficient (Wildman–Crippen LogP) is 1.53. The molecule has 0 aromatic heterocycles. The van der Waals surface area contributed by atoms with Crippen molar-refractivity contribution < 1.29 is 9.50 Å². The van der Waals surface area contributed by atoms with Gasteiger partial charge in [-0.05, 0) is 38.1 Å². The summed E-state index contributed by atoms with van der Waals surface area (Å²) in [5.74, 6) is -0.240. The molecule has 0 spiro atoms. The van der Waals surface area contributed by atoms with Crippen LogP contribution in [0.15, 0.2) is 24.3 Å². The highest BCUT2D eigenvalue weighted by Gasteiger charge is 2.15. The molecule has 0 aliphatic rings. The van der Waals surface area contributed by atoms with Gasteiger partial charge in [0.1, 0.15) is 5.82 Å². The monoisotopic (exact) mass is 240 g/mol. The molecule has 1 aromatic rings. The minimum atomic E-state index is -0.316. The molecule has 3 nitrogen and oxygen atoms in total. The second-order valence-electron chi connectivity index (χ2n) is 4.42. The molecule has 0 saturated heterocycles. The third kappa shape index (κ3) is 4.42. The van der Waals surface area contributed by atoms with Crippen LogP contribution in [0.5, 0.6) is 0 Å². The van der Waals surface area contributed by atoms with Crippen LogP contribution in [-0.2, 0) is 0 Å². The van der Waals surface area contributed by atoms with Gasteiger partial charge in [-0.3, -0.25) is 4.90 Å². The van der Waals surface area contributed by atoms with E-state index in [1.165, 1.54) is 12.1 Å². The highest BCUT2D eigenvalue weighted by Crippen LogP contribution is 2.18. The highest BCUT2D eigenvalue weighted by molar-refractivity contribution is 5.20. The van der Waals surface area contributed by atoms with Crippen LogP contribution in [0.1, 0.15) is 24.9 Å². The van der Waals surface area contributed by atoms with E-state index in [4.69, 9.17) is 5.73 Å². The number of likely N-dealkylation sites (N-methyl/N-ethyl adjacent to an activating group) is 1. The van der Waals surface area contributed by atoms with Crippen molar-refractivity contribution >= 4 is 0 Å². The molecule has 2 unspecified atom stereocenters. The van der Waals surface area contributed by atoms with Crippen molar-refractivity contribution in [3.05, 3.63) is 35.6 Å². The summed E-state index contributed by atoms with van der Waals surface area (Å²) < 4.78 is 12.8. The summed E-state index contributed by atoms with van der Waals surface area (Å²) in [6, 6.07) is 6.47. The maximum atomic E-state index is 12.8. The number of benzene rings is 1. The first-order valence-corrected chi connectivity index (χ1v) is 5.88. The molecule has 0 saturated carbocycles.